The molecule has 1 aromatic rings. The minimum Gasteiger partial charge on any atom is -0.396 e. The van der Waals surface area contributed by atoms with Gasteiger partial charge in [0.1, 0.15) is 0 Å². The Morgan fingerprint density at radius 3 is 3.00 bits per heavy atom. The van der Waals surface area contributed by atoms with Crippen LogP contribution in [0, 0.1) is 5.41 Å². The Balaban J connectivity index is 1.85. The van der Waals surface area contributed by atoms with Gasteiger partial charge < -0.3 is 15.7 Å². The van der Waals surface area contributed by atoms with Gasteiger partial charge in [0.25, 0.3) is 0 Å². The van der Waals surface area contributed by atoms with Crippen LogP contribution in [0.25, 0.3) is 0 Å². The Morgan fingerprint density at radius 2 is 2.21 bits per heavy atom. The van der Waals surface area contributed by atoms with E-state index in [1.165, 1.54) is 16.8 Å². The Hall–Kier alpha value is -1.06. The average Bonchev–Trinajstić information content (AvgIpc) is 2.85. The van der Waals surface area contributed by atoms with Crippen LogP contribution in [0.2, 0.25) is 0 Å². The topological polar surface area (TPSA) is 44.3 Å². The number of fused-ring (bicyclic) bond motifs is 1. The summed E-state index contributed by atoms with van der Waals surface area (Å²) in [5, 5.41) is 15.9. The summed E-state index contributed by atoms with van der Waals surface area (Å²) in [6, 6.07) is 6.56. The van der Waals surface area contributed by atoms with Gasteiger partial charge >= 0.3 is 0 Å². The highest BCUT2D eigenvalue weighted by molar-refractivity contribution is 5.61. The second-order valence-electron chi connectivity index (χ2n) is 6.22. The van der Waals surface area contributed by atoms with Gasteiger partial charge in [-0.1, -0.05) is 32.0 Å². The van der Waals surface area contributed by atoms with Crippen LogP contribution in [0.3, 0.4) is 0 Å². The Labute approximate surface area is 116 Å². The first-order valence-corrected chi connectivity index (χ1v) is 7.29. The predicted molar refractivity (Wildman–Crippen MR) is 80.4 cm³/mol. The lowest BCUT2D eigenvalue weighted by Crippen LogP contribution is -2.29. The van der Waals surface area contributed by atoms with Crippen molar-refractivity contribution in [3.63, 3.8) is 0 Å². The summed E-state index contributed by atoms with van der Waals surface area (Å²) >= 11 is 0. The standard InChI is InChI=1S/C16H26N2O/c1-16(2,8-4-10-19)12-17-11-14-6-3-5-13-7-9-18-15(13)14/h3,5-6,17-19H,4,7-12H2,1-2H3. The van der Waals surface area contributed by atoms with Crippen LogP contribution in [-0.4, -0.2) is 24.8 Å². The zero-order valence-electron chi connectivity index (χ0n) is 12.1. The van der Waals surface area contributed by atoms with Crippen molar-refractivity contribution in [3.05, 3.63) is 29.3 Å². The smallest absolute Gasteiger partial charge is 0.0431 e. The van der Waals surface area contributed by atoms with E-state index in [-0.39, 0.29) is 5.41 Å². The van der Waals surface area contributed by atoms with E-state index in [4.69, 9.17) is 5.11 Å². The van der Waals surface area contributed by atoms with E-state index in [0.717, 1.165) is 38.9 Å². The largest absolute Gasteiger partial charge is 0.396 e. The zero-order chi connectivity index (χ0) is 13.7. The maximum Gasteiger partial charge on any atom is 0.0431 e. The Bertz CT molecular complexity index is 415. The second kappa shape index (κ2) is 6.40. The van der Waals surface area contributed by atoms with Gasteiger partial charge in [-0.05, 0) is 35.8 Å². The maximum atomic E-state index is 8.91. The highest BCUT2D eigenvalue weighted by Gasteiger charge is 2.18. The van der Waals surface area contributed by atoms with Crippen LogP contribution in [-0.2, 0) is 13.0 Å². The molecule has 1 aliphatic heterocycles. The lowest BCUT2D eigenvalue weighted by Gasteiger charge is -2.25. The Kier molecular flexibility index (Phi) is 4.83. The molecule has 1 heterocycles. The minimum atomic E-state index is 0.244. The van der Waals surface area contributed by atoms with Gasteiger partial charge in [-0.15, -0.1) is 0 Å². The molecule has 0 unspecified atom stereocenters. The molecule has 1 aliphatic rings. The predicted octanol–water partition coefficient (Wildman–Crippen LogP) is 2.54. The summed E-state index contributed by atoms with van der Waals surface area (Å²) in [7, 11) is 0. The van der Waals surface area contributed by atoms with Crippen molar-refractivity contribution in [1.82, 2.24) is 5.32 Å². The molecule has 19 heavy (non-hydrogen) atoms. The summed E-state index contributed by atoms with van der Waals surface area (Å²) in [4.78, 5) is 0. The summed E-state index contributed by atoms with van der Waals surface area (Å²) in [6.07, 6.45) is 3.09. The molecule has 3 N–H and O–H groups in total. The number of aliphatic hydroxyl groups is 1. The third-order valence-corrected chi connectivity index (χ3v) is 3.86. The fourth-order valence-electron chi connectivity index (χ4n) is 2.74. The maximum absolute atomic E-state index is 8.91. The quantitative estimate of drug-likeness (QED) is 0.707. The van der Waals surface area contributed by atoms with Gasteiger partial charge in [0.2, 0.25) is 0 Å². The van der Waals surface area contributed by atoms with Crippen LogP contribution in [0.4, 0.5) is 5.69 Å². The van der Waals surface area contributed by atoms with Crippen molar-refractivity contribution in [2.45, 2.75) is 39.7 Å². The minimum absolute atomic E-state index is 0.244. The monoisotopic (exact) mass is 262 g/mol. The van der Waals surface area contributed by atoms with Crippen molar-refractivity contribution in [2.24, 2.45) is 5.41 Å². The molecule has 0 bridgehead atoms. The number of rotatable bonds is 7. The SMILES string of the molecule is CC(C)(CCCO)CNCc1cccc2c1NCC2. The van der Waals surface area contributed by atoms with Gasteiger partial charge in [-0.3, -0.25) is 0 Å². The van der Waals surface area contributed by atoms with E-state index in [2.05, 4.69) is 42.7 Å². The number of aliphatic hydroxyl groups excluding tert-OH is 1. The van der Waals surface area contributed by atoms with Gasteiger partial charge in [0.05, 0.1) is 0 Å². The van der Waals surface area contributed by atoms with E-state index in [0.29, 0.717) is 6.61 Å². The van der Waals surface area contributed by atoms with Crippen LogP contribution < -0.4 is 10.6 Å². The van der Waals surface area contributed by atoms with E-state index < -0.39 is 0 Å². The fourth-order valence-corrected chi connectivity index (χ4v) is 2.74. The van der Waals surface area contributed by atoms with Gasteiger partial charge in [0.15, 0.2) is 0 Å². The molecule has 3 nitrogen and oxygen atoms in total. The van der Waals surface area contributed by atoms with Crippen molar-refractivity contribution >= 4 is 5.69 Å². The Morgan fingerprint density at radius 1 is 1.37 bits per heavy atom. The van der Waals surface area contributed by atoms with Crippen LogP contribution in [0.15, 0.2) is 18.2 Å². The summed E-state index contributed by atoms with van der Waals surface area (Å²) < 4.78 is 0. The molecule has 0 radical (unpaired) electrons. The molecule has 0 saturated carbocycles. The van der Waals surface area contributed by atoms with Gasteiger partial charge in [0, 0.05) is 31.9 Å². The molecule has 0 fully saturated rings. The van der Waals surface area contributed by atoms with Gasteiger partial charge in [-0.25, -0.2) is 0 Å². The van der Waals surface area contributed by atoms with Crippen molar-refractivity contribution in [2.75, 3.05) is 25.0 Å². The summed E-state index contributed by atoms with van der Waals surface area (Å²) in [5.41, 5.74) is 4.39. The first kappa shape index (κ1) is 14.4. The van der Waals surface area contributed by atoms with Crippen molar-refractivity contribution in [3.8, 4) is 0 Å². The molecule has 0 aromatic heterocycles. The van der Waals surface area contributed by atoms with Crippen LogP contribution in [0.1, 0.15) is 37.8 Å². The number of hydrogen-bond acceptors (Lipinski definition) is 3. The average molecular weight is 262 g/mol. The first-order chi connectivity index (χ1) is 9.12. The van der Waals surface area contributed by atoms with E-state index in [1.54, 1.807) is 0 Å². The highest BCUT2D eigenvalue weighted by Crippen LogP contribution is 2.26. The number of hydrogen-bond donors (Lipinski definition) is 3. The first-order valence-electron chi connectivity index (χ1n) is 7.29. The fraction of sp³-hybridized carbons (Fsp3) is 0.625. The number of anilines is 1. The molecule has 106 valence electrons. The zero-order valence-corrected chi connectivity index (χ0v) is 12.1. The molecule has 0 spiro atoms. The molecular formula is C16H26N2O. The molecule has 3 heteroatoms. The lowest BCUT2D eigenvalue weighted by molar-refractivity contribution is 0.236. The molecule has 0 aliphatic carbocycles. The second-order valence-corrected chi connectivity index (χ2v) is 6.22. The van der Waals surface area contributed by atoms with Crippen molar-refractivity contribution in [1.29, 1.82) is 0 Å². The molecule has 0 amide bonds. The number of nitrogens with one attached hydrogen (secondary N) is 2. The van der Waals surface area contributed by atoms with Gasteiger partial charge in [-0.2, -0.15) is 0 Å². The lowest BCUT2D eigenvalue weighted by atomic mass is 9.88. The normalized spacial score (nSPS) is 14.3. The van der Waals surface area contributed by atoms with E-state index in [9.17, 15) is 0 Å². The summed E-state index contributed by atoms with van der Waals surface area (Å²) in [5.74, 6) is 0. The molecular weight excluding hydrogens is 236 g/mol. The van der Waals surface area contributed by atoms with E-state index in [1.807, 2.05) is 0 Å². The molecule has 0 saturated heterocycles. The highest BCUT2D eigenvalue weighted by atomic mass is 16.2. The van der Waals surface area contributed by atoms with Crippen LogP contribution >= 0.6 is 0 Å². The molecule has 1 aromatic carbocycles. The van der Waals surface area contributed by atoms with Crippen LogP contribution in [0.5, 0.6) is 0 Å². The van der Waals surface area contributed by atoms with E-state index >= 15 is 0 Å². The van der Waals surface area contributed by atoms with Crippen molar-refractivity contribution < 1.29 is 5.11 Å². The molecule has 0 atom stereocenters. The third-order valence-electron chi connectivity index (χ3n) is 3.86. The summed E-state index contributed by atoms with van der Waals surface area (Å²) in [6.45, 7) is 7.76. The third kappa shape index (κ3) is 3.95. The number of benzene rings is 1. The molecule has 2 rings (SSSR count). The number of para-hydroxylation sites is 1.